The van der Waals surface area contributed by atoms with Gasteiger partial charge in [0.05, 0.1) is 23.6 Å². The number of rotatable bonds is 8. The molecule has 0 atom stereocenters. The van der Waals surface area contributed by atoms with E-state index in [0.29, 0.717) is 17.0 Å². The second kappa shape index (κ2) is 9.27. The van der Waals surface area contributed by atoms with E-state index < -0.39 is 0 Å². The van der Waals surface area contributed by atoms with E-state index in [1.165, 1.54) is 5.56 Å². The molecule has 158 valence electrons. The first-order chi connectivity index (χ1) is 14.3. The molecule has 1 aliphatic rings. The highest BCUT2D eigenvalue weighted by atomic mass is 16.5. The van der Waals surface area contributed by atoms with Crippen LogP contribution < -0.4 is 9.47 Å². The van der Waals surface area contributed by atoms with E-state index in [0.717, 1.165) is 36.5 Å². The molecule has 0 N–H and O–H groups in total. The molecule has 6 nitrogen and oxygen atoms in total. The highest BCUT2D eigenvalue weighted by Gasteiger charge is 2.29. The molecule has 1 saturated heterocycles. The number of nitriles is 1. The van der Waals surface area contributed by atoms with Gasteiger partial charge in [0.15, 0.2) is 5.75 Å². The Morgan fingerprint density at radius 1 is 1.27 bits per heavy atom. The standard InChI is InChI=1S/C24H29N3O3/c1-15(2)30-23-10-26-22(8-20(23)9-25)14-29-24-16(3)6-19(7-17(24)4)11-27-12-21(13-27)18(5)28/h6-8,10,15,21H,11-14H2,1-5H3. The molecular weight excluding hydrogens is 378 g/mol. The molecule has 2 aromatic rings. The number of benzene rings is 1. The van der Waals surface area contributed by atoms with Crippen LogP contribution in [0.15, 0.2) is 24.4 Å². The fraction of sp³-hybridized carbons (Fsp3) is 0.458. The van der Waals surface area contributed by atoms with Crippen LogP contribution in [-0.4, -0.2) is 34.9 Å². The van der Waals surface area contributed by atoms with Crippen molar-refractivity contribution in [2.24, 2.45) is 5.92 Å². The van der Waals surface area contributed by atoms with Crippen molar-refractivity contribution in [3.05, 3.63) is 52.3 Å². The van der Waals surface area contributed by atoms with E-state index in [4.69, 9.17) is 9.47 Å². The Hall–Kier alpha value is -2.91. The second-order valence-electron chi connectivity index (χ2n) is 8.30. The normalized spacial score (nSPS) is 14.3. The number of nitrogens with zero attached hydrogens (tertiary/aromatic N) is 3. The SMILES string of the molecule is CC(=O)C1CN(Cc2cc(C)c(OCc3cc(C#N)c(OC(C)C)cn3)c(C)c2)C1. The number of carbonyl (C=O) groups is 1. The maximum atomic E-state index is 11.4. The van der Waals surface area contributed by atoms with Crippen LogP contribution in [0.2, 0.25) is 0 Å². The van der Waals surface area contributed by atoms with Gasteiger partial charge < -0.3 is 9.47 Å². The number of ether oxygens (including phenoxy) is 2. The Morgan fingerprint density at radius 3 is 2.50 bits per heavy atom. The lowest BCUT2D eigenvalue weighted by Gasteiger charge is -2.38. The molecule has 0 bridgehead atoms. The molecule has 0 saturated carbocycles. The number of Topliss-reactive ketones (excluding diaryl/α,β-unsaturated/α-hetero) is 1. The Kier molecular flexibility index (Phi) is 6.73. The summed E-state index contributed by atoms with van der Waals surface area (Å²) >= 11 is 0. The quantitative estimate of drug-likeness (QED) is 0.659. The summed E-state index contributed by atoms with van der Waals surface area (Å²) < 4.78 is 11.7. The zero-order chi connectivity index (χ0) is 21.8. The van der Waals surface area contributed by atoms with Crippen LogP contribution in [0.1, 0.15) is 48.7 Å². The molecule has 1 aliphatic heterocycles. The first-order valence-electron chi connectivity index (χ1n) is 10.3. The number of hydrogen-bond acceptors (Lipinski definition) is 6. The van der Waals surface area contributed by atoms with Crippen LogP contribution in [-0.2, 0) is 17.9 Å². The molecular formula is C24H29N3O3. The van der Waals surface area contributed by atoms with Gasteiger partial charge in [-0.2, -0.15) is 5.26 Å². The lowest BCUT2D eigenvalue weighted by Crippen LogP contribution is -2.48. The fourth-order valence-corrected chi connectivity index (χ4v) is 3.72. The van der Waals surface area contributed by atoms with E-state index in [2.05, 4.69) is 28.1 Å². The number of aryl methyl sites for hydroxylation is 2. The Balaban J connectivity index is 1.64. The van der Waals surface area contributed by atoms with Crippen molar-refractivity contribution in [1.82, 2.24) is 9.88 Å². The molecule has 1 aromatic carbocycles. The maximum Gasteiger partial charge on any atom is 0.155 e. The molecule has 0 unspecified atom stereocenters. The Morgan fingerprint density at radius 2 is 1.93 bits per heavy atom. The minimum Gasteiger partial charge on any atom is -0.488 e. The number of carbonyl (C=O) groups excluding carboxylic acids is 1. The van der Waals surface area contributed by atoms with Crippen LogP contribution in [0.3, 0.4) is 0 Å². The minimum atomic E-state index is -0.0191. The van der Waals surface area contributed by atoms with Crippen molar-refractivity contribution in [3.63, 3.8) is 0 Å². The largest absolute Gasteiger partial charge is 0.488 e. The van der Waals surface area contributed by atoms with Crippen molar-refractivity contribution in [1.29, 1.82) is 5.26 Å². The van der Waals surface area contributed by atoms with Gasteiger partial charge in [0.25, 0.3) is 0 Å². The monoisotopic (exact) mass is 407 g/mol. The molecule has 30 heavy (non-hydrogen) atoms. The van der Waals surface area contributed by atoms with Gasteiger partial charge in [0.2, 0.25) is 0 Å². The number of likely N-dealkylation sites (tertiary alicyclic amines) is 1. The summed E-state index contributed by atoms with van der Waals surface area (Å²) in [5.41, 5.74) is 4.49. The maximum absolute atomic E-state index is 11.4. The van der Waals surface area contributed by atoms with Gasteiger partial charge in [-0.15, -0.1) is 0 Å². The average Bonchev–Trinajstić information content (AvgIpc) is 2.63. The smallest absolute Gasteiger partial charge is 0.155 e. The van der Waals surface area contributed by atoms with Crippen molar-refractivity contribution < 1.29 is 14.3 Å². The minimum absolute atomic E-state index is 0.0191. The summed E-state index contributed by atoms with van der Waals surface area (Å²) in [5.74, 6) is 1.80. The number of ketones is 1. The van der Waals surface area contributed by atoms with Crippen LogP contribution in [0, 0.1) is 31.1 Å². The molecule has 3 rings (SSSR count). The van der Waals surface area contributed by atoms with E-state index >= 15 is 0 Å². The predicted octanol–water partition coefficient (Wildman–Crippen LogP) is 3.96. The van der Waals surface area contributed by atoms with Crippen LogP contribution in [0.4, 0.5) is 0 Å². The van der Waals surface area contributed by atoms with Crippen LogP contribution in [0.5, 0.6) is 11.5 Å². The highest BCUT2D eigenvalue weighted by molar-refractivity contribution is 5.79. The topological polar surface area (TPSA) is 75.5 Å². The molecule has 0 spiro atoms. The molecule has 2 heterocycles. The molecule has 0 amide bonds. The van der Waals surface area contributed by atoms with Gasteiger partial charge in [-0.1, -0.05) is 12.1 Å². The van der Waals surface area contributed by atoms with Gasteiger partial charge in [-0.25, -0.2) is 0 Å². The molecule has 0 aliphatic carbocycles. The zero-order valence-electron chi connectivity index (χ0n) is 18.4. The first kappa shape index (κ1) is 21.8. The molecule has 1 aromatic heterocycles. The summed E-state index contributed by atoms with van der Waals surface area (Å²) in [6.07, 6.45) is 1.57. The van der Waals surface area contributed by atoms with Crippen LogP contribution in [0.25, 0.3) is 0 Å². The Labute approximate surface area is 178 Å². The molecule has 1 fully saturated rings. The lowest BCUT2D eigenvalue weighted by atomic mass is 9.95. The second-order valence-corrected chi connectivity index (χ2v) is 8.30. The summed E-state index contributed by atoms with van der Waals surface area (Å²) in [5, 5.41) is 9.38. The first-order valence-corrected chi connectivity index (χ1v) is 10.3. The lowest BCUT2D eigenvalue weighted by molar-refractivity contribution is -0.126. The van der Waals surface area contributed by atoms with Gasteiger partial charge in [0, 0.05) is 25.6 Å². The van der Waals surface area contributed by atoms with Crippen molar-refractivity contribution >= 4 is 5.78 Å². The highest BCUT2D eigenvalue weighted by Crippen LogP contribution is 2.28. The van der Waals surface area contributed by atoms with E-state index in [-0.39, 0.29) is 24.4 Å². The zero-order valence-corrected chi connectivity index (χ0v) is 18.4. The van der Waals surface area contributed by atoms with Gasteiger partial charge in [-0.3, -0.25) is 14.7 Å². The van der Waals surface area contributed by atoms with Crippen LogP contribution >= 0.6 is 0 Å². The third-order valence-electron chi connectivity index (χ3n) is 5.23. The van der Waals surface area contributed by atoms with Crippen molar-refractivity contribution in [2.45, 2.75) is 53.9 Å². The number of pyridine rings is 1. The third-order valence-corrected chi connectivity index (χ3v) is 5.23. The summed E-state index contributed by atoms with van der Waals surface area (Å²) in [6, 6.07) is 8.15. The average molecular weight is 408 g/mol. The molecule has 6 heteroatoms. The van der Waals surface area contributed by atoms with E-state index in [9.17, 15) is 10.1 Å². The van der Waals surface area contributed by atoms with Crippen molar-refractivity contribution in [3.8, 4) is 17.6 Å². The summed E-state index contributed by atoms with van der Waals surface area (Å²) in [4.78, 5) is 18.1. The van der Waals surface area contributed by atoms with E-state index in [1.807, 2.05) is 27.7 Å². The third kappa shape index (κ3) is 5.17. The van der Waals surface area contributed by atoms with Gasteiger partial charge in [-0.05, 0) is 57.4 Å². The summed E-state index contributed by atoms with van der Waals surface area (Å²) in [7, 11) is 0. The van der Waals surface area contributed by atoms with Gasteiger partial charge in [0.1, 0.15) is 24.2 Å². The molecule has 0 radical (unpaired) electrons. The fourth-order valence-electron chi connectivity index (χ4n) is 3.72. The summed E-state index contributed by atoms with van der Waals surface area (Å²) in [6.45, 7) is 12.4. The van der Waals surface area contributed by atoms with E-state index in [1.54, 1.807) is 19.2 Å². The Bertz CT molecular complexity index is 949. The van der Waals surface area contributed by atoms with Gasteiger partial charge >= 0.3 is 0 Å². The number of aromatic nitrogens is 1. The number of hydrogen-bond donors (Lipinski definition) is 0. The van der Waals surface area contributed by atoms with Crippen molar-refractivity contribution in [2.75, 3.05) is 13.1 Å². The predicted molar refractivity (Wildman–Crippen MR) is 114 cm³/mol.